The van der Waals surface area contributed by atoms with Crippen LogP contribution >= 0.6 is 0 Å². The molecule has 2 N–H and O–H groups in total. The molecule has 4 nitrogen and oxygen atoms in total. The molecule has 0 aromatic rings. The van der Waals surface area contributed by atoms with Gasteiger partial charge < -0.3 is 15.4 Å². The van der Waals surface area contributed by atoms with Gasteiger partial charge in [0.2, 0.25) is 0 Å². The molecule has 0 radical (unpaired) electrons. The Bertz CT molecular complexity index is 186. The van der Waals surface area contributed by atoms with Crippen LogP contribution < -0.4 is 10.6 Å². The fourth-order valence-electron chi connectivity index (χ4n) is 1.62. The Morgan fingerprint density at radius 1 is 1.38 bits per heavy atom. The normalized spacial score (nSPS) is 28.2. The van der Waals surface area contributed by atoms with E-state index in [4.69, 9.17) is 4.74 Å². The fourth-order valence-corrected chi connectivity index (χ4v) is 1.62. The summed E-state index contributed by atoms with van der Waals surface area (Å²) in [6, 6.07) is 0.271. The summed E-state index contributed by atoms with van der Waals surface area (Å²) >= 11 is 0. The molecule has 1 amide bonds. The summed E-state index contributed by atoms with van der Waals surface area (Å²) in [5.41, 5.74) is 0. The molecular weight excluding hydrogens is 168 g/mol. The van der Waals surface area contributed by atoms with E-state index in [1.807, 2.05) is 0 Å². The molecule has 1 atom stereocenters. The van der Waals surface area contributed by atoms with Crippen LogP contribution in [0.4, 0.5) is 4.79 Å². The Morgan fingerprint density at radius 3 is 2.77 bits per heavy atom. The number of ether oxygens (including phenoxy) is 1. The first-order valence-corrected chi connectivity index (χ1v) is 5.02. The number of amides is 1. The van der Waals surface area contributed by atoms with Crippen LogP contribution in [-0.4, -0.2) is 31.3 Å². The first kappa shape index (κ1) is 8.81. The van der Waals surface area contributed by atoms with Crippen LogP contribution in [0.5, 0.6) is 0 Å². The van der Waals surface area contributed by atoms with Crippen molar-refractivity contribution in [1.82, 2.24) is 10.6 Å². The van der Waals surface area contributed by atoms with Crippen molar-refractivity contribution in [3.05, 3.63) is 0 Å². The molecule has 13 heavy (non-hydrogen) atoms. The molecule has 1 aliphatic carbocycles. The number of alkyl carbamates (subject to hydrolysis) is 1. The van der Waals surface area contributed by atoms with E-state index in [1.165, 1.54) is 6.42 Å². The Balaban J connectivity index is 1.64. The Morgan fingerprint density at radius 2 is 2.23 bits per heavy atom. The SMILES string of the molecule is O=C(N[C@@H]1CCNC1)OC1CCC1. The molecule has 1 heterocycles. The minimum absolute atomic E-state index is 0.189. The van der Waals surface area contributed by atoms with Crippen LogP contribution in [-0.2, 0) is 4.74 Å². The highest BCUT2D eigenvalue weighted by Gasteiger charge is 2.23. The van der Waals surface area contributed by atoms with Crippen molar-refractivity contribution in [2.75, 3.05) is 13.1 Å². The van der Waals surface area contributed by atoms with Crippen LogP contribution in [0, 0.1) is 0 Å². The summed E-state index contributed by atoms with van der Waals surface area (Å²) in [6.07, 6.45) is 4.24. The summed E-state index contributed by atoms with van der Waals surface area (Å²) in [5.74, 6) is 0. The lowest BCUT2D eigenvalue weighted by atomic mass is 9.96. The number of rotatable bonds is 2. The van der Waals surface area contributed by atoms with Crippen LogP contribution in [0.1, 0.15) is 25.7 Å². The van der Waals surface area contributed by atoms with Crippen molar-refractivity contribution in [2.24, 2.45) is 0 Å². The topological polar surface area (TPSA) is 50.4 Å². The highest BCUT2D eigenvalue weighted by Crippen LogP contribution is 2.21. The van der Waals surface area contributed by atoms with E-state index in [-0.39, 0.29) is 18.2 Å². The Kier molecular flexibility index (Phi) is 2.68. The molecule has 0 aromatic heterocycles. The third-order valence-electron chi connectivity index (χ3n) is 2.71. The van der Waals surface area contributed by atoms with E-state index in [1.54, 1.807) is 0 Å². The van der Waals surface area contributed by atoms with Gasteiger partial charge in [-0.3, -0.25) is 0 Å². The first-order valence-electron chi connectivity index (χ1n) is 5.02. The highest BCUT2D eigenvalue weighted by atomic mass is 16.6. The maximum atomic E-state index is 11.2. The van der Waals surface area contributed by atoms with Gasteiger partial charge in [0, 0.05) is 12.6 Å². The molecule has 4 heteroatoms. The largest absolute Gasteiger partial charge is 0.446 e. The van der Waals surface area contributed by atoms with Gasteiger partial charge in [0.1, 0.15) is 6.10 Å². The maximum Gasteiger partial charge on any atom is 0.407 e. The second kappa shape index (κ2) is 3.96. The monoisotopic (exact) mass is 184 g/mol. The lowest BCUT2D eigenvalue weighted by Gasteiger charge is -2.25. The van der Waals surface area contributed by atoms with Crippen molar-refractivity contribution in [2.45, 2.75) is 37.8 Å². The molecular formula is C9H16N2O2. The number of carbonyl (C=O) groups is 1. The van der Waals surface area contributed by atoms with Crippen molar-refractivity contribution >= 4 is 6.09 Å². The fraction of sp³-hybridized carbons (Fsp3) is 0.889. The quantitative estimate of drug-likeness (QED) is 0.661. The van der Waals surface area contributed by atoms with Crippen LogP contribution in [0.3, 0.4) is 0 Å². The van der Waals surface area contributed by atoms with Gasteiger partial charge in [0.25, 0.3) is 0 Å². The zero-order chi connectivity index (χ0) is 9.10. The van der Waals surface area contributed by atoms with E-state index in [9.17, 15) is 4.79 Å². The van der Waals surface area contributed by atoms with E-state index in [0.717, 1.165) is 32.4 Å². The first-order chi connectivity index (χ1) is 6.34. The standard InChI is InChI=1S/C9H16N2O2/c12-9(13-8-2-1-3-8)11-7-4-5-10-6-7/h7-8,10H,1-6H2,(H,11,12)/t7-/m1/s1. The number of hydrogen-bond acceptors (Lipinski definition) is 3. The maximum absolute atomic E-state index is 11.2. The molecule has 1 saturated heterocycles. The van der Waals surface area contributed by atoms with E-state index >= 15 is 0 Å². The third kappa shape index (κ3) is 2.34. The second-order valence-corrected chi connectivity index (χ2v) is 3.79. The highest BCUT2D eigenvalue weighted by molar-refractivity contribution is 5.67. The number of nitrogens with one attached hydrogen (secondary N) is 2. The van der Waals surface area contributed by atoms with Crippen molar-refractivity contribution in [3.63, 3.8) is 0 Å². The molecule has 0 spiro atoms. The minimum Gasteiger partial charge on any atom is -0.446 e. The average molecular weight is 184 g/mol. The van der Waals surface area contributed by atoms with Crippen molar-refractivity contribution < 1.29 is 9.53 Å². The summed E-state index contributed by atoms with van der Waals surface area (Å²) in [6.45, 7) is 1.87. The predicted molar refractivity (Wildman–Crippen MR) is 48.5 cm³/mol. The molecule has 2 rings (SSSR count). The van der Waals surface area contributed by atoms with Crippen molar-refractivity contribution in [1.29, 1.82) is 0 Å². The lowest BCUT2D eigenvalue weighted by Crippen LogP contribution is -2.39. The molecule has 74 valence electrons. The zero-order valence-corrected chi connectivity index (χ0v) is 7.71. The third-order valence-corrected chi connectivity index (χ3v) is 2.71. The van der Waals surface area contributed by atoms with Gasteiger partial charge in [0.15, 0.2) is 0 Å². The predicted octanol–water partition coefficient (Wildman–Crippen LogP) is 0.627. The molecule has 1 saturated carbocycles. The summed E-state index contributed by atoms with van der Waals surface area (Å²) in [7, 11) is 0. The van der Waals surface area contributed by atoms with Crippen LogP contribution in [0.25, 0.3) is 0 Å². The number of hydrogen-bond donors (Lipinski definition) is 2. The minimum atomic E-state index is -0.238. The van der Waals surface area contributed by atoms with Crippen LogP contribution in [0.15, 0.2) is 0 Å². The molecule has 0 bridgehead atoms. The molecule has 0 aromatic carbocycles. The van der Waals surface area contributed by atoms with Gasteiger partial charge in [0.05, 0.1) is 0 Å². The van der Waals surface area contributed by atoms with Gasteiger partial charge in [-0.1, -0.05) is 0 Å². The van der Waals surface area contributed by atoms with Gasteiger partial charge in [-0.2, -0.15) is 0 Å². The van der Waals surface area contributed by atoms with Crippen LogP contribution in [0.2, 0.25) is 0 Å². The number of carbonyl (C=O) groups excluding carboxylic acids is 1. The summed E-state index contributed by atoms with van der Waals surface area (Å²) in [5, 5.41) is 6.04. The summed E-state index contributed by atoms with van der Waals surface area (Å²) < 4.78 is 5.17. The van der Waals surface area contributed by atoms with Gasteiger partial charge >= 0.3 is 6.09 Å². The van der Waals surface area contributed by atoms with E-state index < -0.39 is 0 Å². The molecule has 2 aliphatic rings. The van der Waals surface area contributed by atoms with E-state index in [2.05, 4.69) is 10.6 Å². The van der Waals surface area contributed by atoms with Gasteiger partial charge in [-0.25, -0.2) is 4.79 Å². The molecule has 1 aliphatic heterocycles. The lowest BCUT2D eigenvalue weighted by molar-refractivity contribution is 0.0508. The van der Waals surface area contributed by atoms with Gasteiger partial charge in [-0.05, 0) is 32.2 Å². The van der Waals surface area contributed by atoms with Gasteiger partial charge in [-0.15, -0.1) is 0 Å². The smallest absolute Gasteiger partial charge is 0.407 e. The zero-order valence-electron chi connectivity index (χ0n) is 7.71. The molecule has 0 unspecified atom stereocenters. The Hall–Kier alpha value is -0.770. The van der Waals surface area contributed by atoms with Crippen molar-refractivity contribution in [3.8, 4) is 0 Å². The second-order valence-electron chi connectivity index (χ2n) is 3.79. The Labute approximate surface area is 78.0 Å². The van der Waals surface area contributed by atoms with E-state index in [0.29, 0.717) is 0 Å². The summed E-state index contributed by atoms with van der Waals surface area (Å²) in [4.78, 5) is 11.2. The molecule has 2 fully saturated rings. The average Bonchev–Trinajstić information content (AvgIpc) is 2.49.